The van der Waals surface area contributed by atoms with E-state index in [1.54, 1.807) is 4.90 Å². The van der Waals surface area contributed by atoms with Crippen molar-refractivity contribution in [1.82, 2.24) is 10.2 Å². The highest BCUT2D eigenvalue weighted by Gasteiger charge is 2.32. The molecule has 2 amide bonds. The van der Waals surface area contributed by atoms with Crippen molar-refractivity contribution in [2.75, 3.05) is 13.6 Å². The van der Waals surface area contributed by atoms with Crippen LogP contribution in [0, 0.1) is 5.92 Å². The minimum absolute atomic E-state index is 0.00457. The highest BCUT2D eigenvalue weighted by molar-refractivity contribution is 5.74. The maximum atomic E-state index is 11.8. The zero-order valence-electron chi connectivity index (χ0n) is 12.0. The molecule has 0 aromatic rings. The summed E-state index contributed by atoms with van der Waals surface area (Å²) >= 11 is 0. The molecular formula is C14H26N2O3. The molecule has 0 aromatic carbocycles. The Morgan fingerprint density at radius 2 is 1.89 bits per heavy atom. The Hall–Kier alpha value is -1.26. The lowest BCUT2D eigenvalue weighted by Gasteiger charge is -2.25. The Balaban J connectivity index is 1.99. The van der Waals surface area contributed by atoms with Crippen LogP contribution in [0.3, 0.4) is 0 Å². The van der Waals surface area contributed by atoms with Crippen molar-refractivity contribution < 1.29 is 14.7 Å². The largest absolute Gasteiger partial charge is 0.481 e. The van der Waals surface area contributed by atoms with E-state index >= 15 is 0 Å². The number of carbonyl (C=O) groups excluding carboxylic acids is 1. The van der Waals surface area contributed by atoms with Crippen molar-refractivity contribution in [2.45, 2.75) is 57.9 Å². The van der Waals surface area contributed by atoms with Gasteiger partial charge in [-0.3, -0.25) is 4.79 Å². The maximum Gasteiger partial charge on any atom is 0.317 e. The SMILES string of the molecule is CC(C1CC1)N(C)C(=O)NCCCCCCC(=O)O. The minimum Gasteiger partial charge on any atom is -0.481 e. The fraction of sp³-hybridized carbons (Fsp3) is 0.857. The number of carbonyl (C=O) groups is 2. The number of hydrogen-bond acceptors (Lipinski definition) is 2. The van der Waals surface area contributed by atoms with Crippen molar-refractivity contribution in [3.05, 3.63) is 0 Å². The Morgan fingerprint density at radius 1 is 1.26 bits per heavy atom. The summed E-state index contributed by atoms with van der Waals surface area (Å²) in [6, 6.07) is 0.334. The van der Waals surface area contributed by atoms with Crippen LogP contribution in [0.2, 0.25) is 0 Å². The molecule has 0 aromatic heterocycles. The average Bonchev–Trinajstić information content (AvgIpc) is 3.19. The van der Waals surface area contributed by atoms with E-state index in [1.807, 2.05) is 7.05 Å². The van der Waals surface area contributed by atoms with Gasteiger partial charge in [0.2, 0.25) is 0 Å². The quantitative estimate of drug-likeness (QED) is 0.632. The number of nitrogens with one attached hydrogen (secondary N) is 1. The van der Waals surface area contributed by atoms with Gasteiger partial charge in [-0.25, -0.2) is 4.79 Å². The molecule has 1 rings (SSSR count). The van der Waals surface area contributed by atoms with E-state index in [0.29, 0.717) is 18.5 Å². The van der Waals surface area contributed by atoms with Gasteiger partial charge in [0.05, 0.1) is 0 Å². The Labute approximate surface area is 115 Å². The van der Waals surface area contributed by atoms with Crippen LogP contribution in [0.25, 0.3) is 0 Å². The lowest BCUT2D eigenvalue weighted by atomic mass is 10.1. The number of urea groups is 1. The molecule has 0 radical (unpaired) electrons. The van der Waals surface area contributed by atoms with Gasteiger partial charge < -0.3 is 15.3 Å². The summed E-state index contributed by atoms with van der Waals surface area (Å²) in [4.78, 5) is 23.9. The standard InChI is InChI=1S/C14H26N2O3/c1-11(12-8-9-12)16(2)14(19)15-10-6-4-3-5-7-13(17)18/h11-12H,3-10H2,1-2H3,(H,15,19)(H,17,18). The molecule has 0 bridgehead atoms. The topological polar surface area (TPSA) is 69.6 Å². The number of amides is 2. The maximum absolute atomic E-state index is 11.8. The van der Waals surface area contributed by atoms with Crippen LogP contribution in [-0.4, -0.2) is 41.6 Å². The fourth-order valence-electron chi connectivity index (χ4n) is 2.15. The van der Waals surface area contributed by atoms with Crippen molar-refractivity contribution >= 4 is 12.0 Å². The van der Waals surface area contributed by atoms with Crippen LogP contribution in [0.4, 0.5) is 4.79 Å². The van der Waals surface area contributed by atoms with Crippen LogP contribution < -0.4 is 5.32 Å². The number of nitrogens with zero attached hydrogens (tertiary/aromatic N) is 1. The molecule has 1 saturated carbocycles. The van der Waals surface area contributed by atoms with E-state index in [9.17, 15) is 9.59 Å². The first-order valence-electron chi connectivity index (χ1n) is 7.25. The van der Waals surface area contributed by atoms with E-state index in [0.717, 1.165) is 25.7 Å². The van der Waals surface area contributed by atoms with E-state index in [2.05, 4.69) is 12.2 Å². The summed E-state index contributed by atoms with van der Waals surface area (Å²) in [6.07, 6.45) is 6.24. The van der Waals surface area contributed by atoms with Crippen LogP contribution >= 0.6 is 0 Å². The molecule has 0 aliphatic heterocycles. The van der Waals surface area contributed by atoms with E-state index in [1.165, 1.54) is 12.8 Å². The lowest BCUT2D eigenvalue weighted by molar-refractivity contribution is -0.137. The predicted octanol–water partition coefficient (Wildman–Crippen LogP) is 2.46. The molecule has 1 unspecified atom stereocenters. The normalized spacial score (nSPS) is 15.9. The second kappa shape index (κ2) is 8.02. The third kappa shape index (κ3) is 6.45. The van der Waals surface area contributed by atoms with Gasteiger partial charge >= 0.3 is 12.0 Å². The molecule has 1 atom stereocenters. The zero-order valence-corrected chi connectivity index (χ0v) is 12.0. The Bertz CT molecular complexity index is 303. The van der Waals surface area contributed by atoms with Crippen molar-refractivity contribution in [3.63, 3.8) is 0 Å². The van der Waals surface area contributed by atoms with E-state index < -0.39 is 5.97 Å². The molecule has 110 valence electrons. The molecule has 2 N–H and O–H groups in total. The smallest absolute Gasteiger partial charge is 0.317 e. The fourth-order valence-corrected chi connectivity index (χ4v) is 2.15. The average molecular weight is 270 g/mol. The second-order valence-electron chi connectivity index (χ2n) is 5.48. The Kier molecular flexibility index (Phi) is 6.67. The summed E-state index contributed by atoms with van der Waals surface area (Å²) in [7, 11) is 1.85. The summed E-state index contributed by atoms with van der Waals surface area (Å²) in [5.41, 5.74) is 0. The van der Waals surface area contributed by atoms with Crippen LogP contribution in [-0.2, 0) is 4.79 Å². The first-order valence-corrected chi connectivity index (χ1v) is 7.25. The van der Waals surface area contributed by atoms with Gasteiger partial charge in [0.25, 0.3) is 0 Å². The first kappa shape index (κ1) is 15.8. The van der Waals surface area contributed by atoms with Gasteiger partial charge in [-0.1, -0.05) is 12.8 Å². The molecular weight excluding hydrogens is 244 g/mol. The number of aliphatic carboxylic acids is 1. The number of unbranched alkanes of at least 4 members (excludes halogenated alkanes) is 3. The first-order chi connectivity index (χ1) is 9.02. The van der Waals surface area contributed by atoms with Gasteiger partial charge in [0.15, 0.2) is 0 Å². The summed E-state index contributed by atoms with van der Waals surface area (Å²) in [6.45, 7) is 2.77. The Morgan fingerprint density at radius 3 is 2.47 bits per heavy atom. The molecule has 0 spiro atoms. The monoisotopic (exact) mass is 270 g/mol. The third-order valence-corrected chi connectivity index (χ3v) is 3.83. The van der Waals surface area contributed by atoms with Gasteiger partial charge in [0.1, 0.15) is 0 Å². The minimum atomic E-state index is -0.732. The zero-order chi connectivity index (χ0) is 14.3. The summed E-state index contributed by atoms with van der Waals surface area (Å²) in [5, 5.41) is 11.4. The molecule has 1 aliphatic carbocycles. The number of carboxylic acid groups (broad SMARTS) is 1. The predicted molar refractivity (Wildman–Crippen MR) is 74.1 cm³/mol. The molecule has 1 fully saturated rings. The van der Waals surface area contributed by atoms with Gasteiger partial charge in [-0.05, 0) is 38.5 Å². The molecule has 19 heavy (non-hydrogen) atoms. The summed E-state index contributed by atoms with van der Waals surface area (Å²) < 4.78 is 0. The van der Waals surface area contributed by atoms with Crippen LogP contribution in [0.1, 0.15) is 51.9 Å². The highest BCUT2D eigenvalue weighted by atomic mass is 16.4. The van der Waals surface area contributed by atoms with Gasteiger partial charge in [-0.15, -0.1) is 0 Å². The van der Waals surface area contributed by atoms with Crippen molar-refractivity contribution in [1.29, 1.82) is 0 Å². The molecule has 5 heteroatoms. The summed E-state index contributed by atoms with van der Waals surface area (Å²) in [5.74, 6) is -0.0456. The lowest BCUT2D eigenvalue weighted by Crippen LogP contribution is -2.43. The van der Waals surface area contributed by atoms with Crippen LogP contribution in [0.5, 0.6) is 0 Å². The molecule has 1 aliphatic rings. The van der Waals surface area contributed by atoms with Gasteiger partial charge in [0, 0.05) is 26.1 Å². The van der Waals surface area contributed by atoms with Crippen molar-refractivity contribution in [3.8, 4) is 0 Å². The third-order valence-electron chi connectivity index (χ3n) is 3.83. The molecule has 5 nitrogen and oxygen atoms in total. The number of hydrogen-bond donors (Lipinski definition) is 2. The number of carboxylic acids is 1. The van der Waals surface area contributed by atoms with Crippen LogP contribution in [0.15, 0.2) is 0 Å². The molecule has 0 saturated heterocycles. The second-order valence-corrected chi connectivity index (χ2v) is 5.48. The molecule has 0 heterocycles. The number of rotatable bonds is 9. The van der Waals surface area contributed by atoms with Crippen molar-refractivity contribution in [2.24, 2.45) is 5.92 Å². The van der Waals surface area contributed by atoms with E-state index in [-0.39, 0.29) is 12.5 Å². The highest BCUT2D eigenvalue weighted by Crippen LogP contribution is 2.34. The van der Waals surface area contributed by atoms with Gasteiger partial charge in [-0.2, -0.15) is 0 Å². The van der Waals surface area contributed by atoms with E-state index in [4.69, 9.17) is 5.11 Å².